The highest BCUT2D eigenvalue weighted by Crippen LogP contribution is 2.26. The molecule has 2 amide bonds. The molecule has 0 unspecified atom stereocenters. The molecule has 0 aromatic rings. The van der Waals surface area contributed by atoms with E-state index in [0.717, 1.165) is 11.8 Å². The number of ether oxygens (including phenoxy) is 1. The van der Waals surface area contributed by atoms with Gasteiger partial charge in [-0.25, -0.2) is 0 Å². The van der Waals surface area contributed by atoms with Gasteiger partial charge in [0.25, 0.3) is 0 Å². The highest BCUT2D eigenvalue weighted by Gasteiger charge is 2.43. The smallest absolute Gasteiger partial charge is 0.408 e. The Hall–Kier alpha value is -1.80. The van der Waals surface area contributed by atoms with Gasteiger partial charge in [-0.2, -0.15) is 13.2 Å². The van der Waals surface area contributed by atoms with Gasteiger partial charge in [0, 0.05) is 12.6 Å². The summed E-state index contributed by atoms with van der Waals surface area (Å²) in [4.78, 5) is 36.3. The van der Waals surface area contributed by atoms with Crippen molar-refractivity contribution >= 4 is 17.8 Å². The zero-order valence-electron chi connectivity index (χ0n) is 12.6. The molecule has 1 fully saturated rings. The highest BCUT2D eigenvalue weighted by molar-refractivity contribution is 6.35. The summed E-state index contributed by atoms with van der Waals surface area (Å²) in [7, 11) is 0. The molecule has 0 aromatic carbocycles. The number of rotatable bonds is 3. The summed E-state index contributed by atoms with van der Waals surface area (Å²) >= 11 is 0. The van der Waals surface area contributed by atoms with Crippen LogP contribution in [-0.2, 0) is 19.1 Å². The topological polar surface area (TPSA) is 75.7 Å². The quantitative estimate of drug-likeness (QED) is 0.617. The predicted octanol–water partition coefficient (Wildman–Crippen LogP) is 0.853. The summed E-state index contributed by atoms with van der Waals surface area (Å²) in [6.45, 7) is 4.27. The van der Waals surface area contributed by atoms with Gasteiger partial charge in [0.15, 0.2) is 0 Å². The van der Waals surface area contributed by atoms with Crippen molar-refractivity contribution in [2.75, 3.05) is 13.2 Å². The minimum atomic E-state index is -4.62. The van der Waals surface area contributed by atoms with Gasteiger partial charge >= 0.3 is 24.0 Å². The number of carbonyl (C=O) groups is 3. The van der Waals surface area contributed by atoms with E-state index in [1.807, 2.05) is 0 Å². The van der Waals surface area contributed by atoms with Crippen molar-refractivity contribution < 1.29 is 32.3 Å². The maximum Gasteiger partial charge on any atom is 0.408 e. The lowest BCUT2D eigenvalue weighted by Gasteiger charge is -2.24. The summed E-state index contributed by atoms with van der Waals surface area (Å²) in [6.07, 6.45) is -4.31. The average molecular weight is 324 g/mol. The molecule has 1 heterocycles. The molecule has 126 valence electrons. The Kier molecular flexibility index (Phi) is 5.78. The molecule has 22 heavy (non-hydrogen) atoms. The lowest BCUT2D eigenvalue weighted by atomic mass is 10.0. The normalized spacial score (nSPS) is 23.1. The number of hydrogen-bond donors (Lipinski definition) is 1. The zero-order valence-corrected chi connectivity index (χ0v) is 12.6. The standard InChI is InChI=1S/C13H19F3N2O4/c1-4-22-12(21)9-5-6-18(7(9)2)11(20)10(19)17-8(3)13(14,15)16/h7-9H,4-6H2,1-3H3,(H,17,19)/t7-,8+,9-/m0/s1. The Bertz CT molecular complexity index is 453. The van der Waals surface area contributed by atoms with E-state index in [1.165, 1.54) is 0 Å². The van der Waals surface area contributed by atoms with Gasteiger partial charge in [-0.1, -0.05) is 0 Å². The van der Waals surface area contributed by atoms with Gasteiger partial charge in [-0.3, -0.25) is 14.4 Å². The molecule has 9 heteroatoms. The second-order valence-corrected chi connectivity index (χ2v) is 5.12. The average Bonchev–Trinajstić information content (AvgIpc) is 2.78. The molecule has 0 aromatic heterocycles. The highest BCUT2D eigenvalue weighted by atomic mass is 19.4. The van der Waals surface area contributed by atoms with E-state index < -0.39 is 42.0 Å². The number of nitrogens with zero attached hydrogens (tertiary/aromatic N) is 1. The van der Waals surface area contributed by atoms with E-state index in [0.29, 0.717) is 6.42 Å². The first-order valence-electron chi connectivity index (χ1n) is 6.94. The Labute approximate surface area is 126 Å². The first-order chi connectivity index (χ1) is 10.1. The van der Waals surface area contributed by atoms with Gasteiger partial charge in [-0.15, -0.1) is 0 Å². The third-order valence-corrected chi connectivity index (χ3v) is 3.64. The Balaban J connectivity index is 2.67. The second-order valence-electron chi connectivity index (χ2n) is 5.12. The van der Waals surface area contributed by atoms with Crippen molar-refractivity contribution in [3.8, 4) is 0 Å². The molecule has 0 saturated carbocycles. The van der Waals surface area contributed by atoms with Crippen LogP contribution in [0.4, 0.5) is 13.2 Å². The molecular weight excluding hydrogens is 305 g/mol. The van der Waals surface area contributed by atoms with E-state index in [-0.39, 0.29) is 13.2 Å². The van der Waals surface area contributed by atoms with E-state index in [9.17, 15) is 27.6 Å². The SMILES string of the molecule is CCOC(=O)[C@H]1CCN(C(=O)C(=O)N[C@H](C)C(F)(F)F)[C@H]1C. The van der Waals surface area contributed by atoms with E-state index in [1.54, 1.807) is 19.2 Å². The van der Waals surface area contributed by atoms with Crippen molar-refractivity contribution in [3.05, 3.63) is 0 Å². The van der Waals surface area contributed by atoms with Crippen LogP contribution in [0.25, 0.3) is 0 Å². The molecule has 0 radical (unpaired) electrons. The summed E-state index contributed by atoms with van der Waals surface area (Å²) < 4.78 is 42.0. The molecule has 1 rings (SSSR count). The second kappa shape index (κ2) is 6.97. The van der Waals surface area contributed by atoms with Gasteiger partial charge in [0.2, 0.25) is 0 Å². The van der Waals surface area contributed by atoms with Crippen LogP contribution < -0.4 is 5.32 Å². The van der Waals surface area contributed by atoms with Gasteiger partial charge in [0.05, 0.1) is 12.5 Å². The van der Waals surface area contributed by atoms with Crippen LogP contribution in [0.1, 0.15) is 27.2 Å². The summed E-state index contributed by atoms with van der Waals surface area (Å²) in [5, 5.41) is 1.61. The van der Waals surface area contributed by atoms with Gasteiger partial charge in [0.1, 0.15) is 6.04 Å². The van der Waals surface area contributed by atoms with Crippen molar-refractivity contribution in [1.29, 1.82) is 0 Å². The number of nitrogens with one attached hydrogen (secondary N) is 1. The largest absolute Gasteiger partial charge is 0.466 e. The molecule has 0 bridgehead atoms. The van der Waals surface area contributed by atoms with E-state index in [2.05, 4.69) is 0 Å². The Morgan fingerprint density at radius 2 is 1.95 bits per heavy atom. The number of hydrogen-bond acceptors (Lipinski definition) is 4. The van der Waals surface area contributed by atoms with Crippen LogP contribution >= 0.6 is 0 Å². The molecule has 1 saturated heterocycles. The fourth-order valence-electron chi connectivity index (χ4n) is 2.26. The minimum absolute atomic E-state index is 0.122. The van der Waals surface area contributed by atoms with Crippen LogP contribution in [0.5, 0.6) is 0 Å². The lowest BCUT2D eigenvalue weighted by Crippen LogP contribution is -2.51. The van der Waals surface area contributed by atoms with E-state index in [4.69, 9.17) is 4.74 Å². The lowest BCUT2D eigenvalue weighted by molar-refractivity contribution is -0.162. The third-order valence-electron chi connectivity index (χ3n) is 3.64. The summed E-state index contributed by atoms with van der Waals surface area (Å²) in [5.74, 6) is -3.46. The molecule has 1 aliphatic heterocycles. The molecule has 1 aliphatic rings. The van der Waals surface area contributed by atoms with Crippen LogP contribution in [0.15, 0.2) is 0 Å². The molecule has 3 atom stereocenters. The minimum Gasteiger partial charge on any atom is -0.466 e. The Morgan fingerprint density at radius 3 is 2.45 bits per heavy atom. The van der Waals surface area contributed by atoms with Crippen molar-refractivity contribution in [1.82, 2.24) is 10.2 Å². The fourth-order valence-corrected chi connectivity index (χ4v) is 2.26. The molecule has 1 N–H and O–H groups in total. The molecule has 0 spiro atoms. The predicted molar refractivity (Wildman–Crippen MR) is 69.6 cm³/mol. The van der Waals surface area contributed by atoms with Crippen molar-refractivity contribution in [3.63, 3.8) is 0 Å². The third kappa shape index (κ3) is 4.11. The first-order valence-corrected chi connectivity index (χ1v) is 6.94. The number of likely N-dealkylation sites (tertiary alicyclic amines) is 1. The summed E-state index contributed by atoms with van der Waals surface area (Å²) in [5.41, 5.74) is 0. The van der Waals surface area contributed by atoms with Crippen LogP contribution in [0.3, 0.4) is 0 Å². The maximum atomic E-state index is 12.4. The van der Waals surface area contributed by atoms with Gasteiger partial charge < -0.3 is 15.0 Å². The monoisotopic (exact) mass is 324 g/mol. The molecule has 0 aliphatic carbocycles. The number of halogens is 3. The van der Waals surface area contributed by atoms with Crippen molar-refractivity contribution in [2.24, 2.45) is 5.92 Å². The molecular formula is C13H19F3N2O4. The first kappa shape index (κ1) is 18.2. The van der Waals surface area contributed by atoms with Crippen LogP contribution in [0.2, 0.25) is 0 Å². The van der Waals surface area contributed by atoms with E-state index >= 15 is 0 Å². The van der Waals surface area contributed by atoms with Crippen LogP contribution in [-0.4, -0.2) is 54.1 Å². The van der Waals surface area contributed by atoms with Gasteiger partial charge in [-0.05, 0) is 27.2 Å². The maximum absolute atomic E-state index is 12.4. The fraction of sp³-hybridized carbons (Fsp3) is 0.769. The summed E-state index contributed by atoms with van der Waals surface area (Å²) in [6, 6.07) is -2.72. The number of carbonyl (C=O) groups excluding carboxylic acids is 3. The molecule has 6 nitrogen and oxygen atoms in total. The van der Waals surface area contributed by atoms with Crippen molar-refractivity contribution in [2.45, 2.75) is 45.5 Å². The number of alkyl halides is 3. The number of amides is 2. The number of esters is 1. The van der Waals surface area contributed by atoms with Crippen LogP contribution in [0, 0.1) is 5.92 Å². The zero-order chi connectivity index (χ0) is 17.1. The Morgan fingerprint density at radius 1 is 1.36 bits per heavy atom.